The van der Waals surface area contributed by atoms with Crippen molar-refractivity contribution in [2.45, 2.75) is 19.4 Å². The van der Waals surface area contributed by atoms with Crippen molar-refractivity contribution >= 4 is 15.9 Å². The number of carbonyl (C=O) groups is 1. The topological polar surface area (TPSA) is 99.6 Å². The van der Waals surface area contributed by atoms with E-state index in [-0.39, 0.29) is 25.0 Å². The molecule has 0 aromatic carbocycles. The molecule has 0 spiro atoms. The number of amides is 1. The lowest BCUT2D eigenvalue weighted by Gasteiger charge is -2.32. The summed E-state index contributed by atoms with van der Waals surface area (Å²) in [5, 5.41) is 9.24. The summed E-state index contributed by atoms with van der Waals surface area (Å²) in [7, 11) is -3.30. The van der Waals surface area contributed by atoms with Gasteiger partial charge in [0.2, 0.25) is 10.0 Å². The molecular formula is C14H21N3O4S. The van der Waals surface area contributed by atoms with Gasteiger partial charge in [-0.3, -0.25) is 9.78 Å². The number of rotatable bonds is 5. The largest absolute Gasteiger partial charge is 0.396 e. The van der Waals surface area contributed by atoms with Gasteiger partial charge in [0.25, 0.3) is 5.91 Å². The molecule has 2 heterocycles. The minimum atomic E-state index is -3.30. The summed E-state index contributed by atoms with van der Waals surface area (Å²) >= 11 is 0. The molecule has 1 amide bonds. The third-order valence-electron chi connectivity index (χ3n) is 3.64. The maximum Gasteiger partial charge on any atom is 0.253 e. The SMILES string of the molecule is CS(=O)(=O)NCc1cc(C(=O)N2CCCC(CO)C2)ccn1. The van der Waals surface area contributed by atoms with Crippen molar-refractivity contribution in [3.63, 3.8) is 0 Å². The molecule has 0 bridgehead atoms. The Morgan fingerprint density at radius 2 is 2.32 bits per heavy atom. The Kier molecular flexibility index (Phi) is 5.49. The van der Waals surface area contributed by atoms with Gasteiger partial charge in [-0.15, -0.1) is 0 Å². The molecule has 0 aliphatic carbocycles. The fourth-order valence-electron chi connectivity index (χ4n) is 2.49. The van der Waals surface area contributed by atoms with E-state index in [2.05, 4.69) is 9.71 Å². The van der Waals surface area contributed by atoms with Crippen molar-refractivity contribution in [1.82, 2.24) is 14.6 Å². The Morgan fingerprint density at radius 3 is 3.00 bits per heavy atom. The third-order valence-corrected chi connectivity index (χ3v) is 4.31. The van der Waals surface area contributed by atoms with Crippen molar-refractivity contribution in [3.8, 4) is 0 Å². The van der Waals surface area contributed by atoms with E-state index >= 15 is 0 Å². The molecular weight excluding hydrogens is 306 g/mol. The monoisotopic (exact) mass is 327 g/mol. The first-order chi connectivity index (χ1) is 10.4. The van der Waals surface area contributed by atoms with Crippen LogP contribution in [0, 0.1) is 5.92 Å². The molecule has 7 nitrogen and oxygen atoms in total. The second-order valence-corrected chi connectivity index (χ2v) is 7.40. The number of sulfonamides is 1. The zero-order valence-electron chi connectivity index (χ0n) is 12.5. The lowest BCUT2D eigenvalue weighted by molar-refractivity contribution is 0.0620. The lowest BCUT2D eigenvalue weighted by atomic mass is 9.98. The Hall–Kier alpha value is -1.51. The minimum absolute atomic E-state index is 0.0548. The van der Waals surface area contributed by atoms with Gasteiger partial charge in [0.05, 0.1) is 18.5 Å². The predicted octanol–water partition coefficient (Wildman–Crippen LogP) is -0.0247. The maximum atomic E-state index is 12.5. The van der Waals surface area contributed by atoms with Crippen LogP contribution in [0.25, 0.3) is 0 Å². The molecule has 22 heavy (non-hydrogen) atoms. The molecule has 1 aromatic rings. The molecule has 1 fully saturated rings. The quantitative estimate of drug-likeness (QED) is 0.791. The molecule has 1 aliphatic rings. The molecule has 1 aromatic heterocycles. The van der Waals surface area contributed by atoms with E-state index in [9.17, 15) is 18.3 Å². The molecule has 1 unspecified atom stereocenters. The van der Waals surface area contributed by atoms with Crippen LogP contribution in [0.4, 0.5) is 0 Å². The molecule has 2 rings (SSSR count). The summed E-state index contributed by atoms with van der Waals surface area (Å²) in [4.78, 5) is 18.3. The van der Waals surface area contributed by atoms with Crippen LogP contribution >= 0.6 is 0 Å². The number of aliphatic hydroxyl groups is 1. The van der Waals surface area contributed by atoms with Gasteiger partial charge in [-0.1, -0.05) is 0 Å². The first-order valence-corrected chi connectivity index (χ1v) is 9.08. The van der Waals surface area contributed by atoms with Crippen molar-refractivity contribution < 1.29 is 18.3 Å². The average Bonchev–Trinajstić information content (AvgIpc) is 2.52. The number of aromatic nitrogens is 1. The van der Waals surface area contributed by atoms with Crippen LogP contribution in [0.15, 0.2) is 18.3 Å². The molecule has 1 aliphatic heterocycles. The third kappa shape index (κ3) is 4.75. The highest BCUT2D eigenvalue weighted by molar-refractivity contribution is 7.88. The summed E-state index contributed by atoms with van der Waals surface area (Å²) in [5.41, 5.74) is 0.978. The van der Waals surface area contributed by atoms with Crippen molar-refractivity contribution in [2.75, 3.05) is 26.0 Å². The number of likely N-dealkylation sites (tertiary alicyclic amines) is 1. The maximum absolute atomic E-state index is 12.5. The molecule has 8 heteroatoms. The van der Waals surface area contributed by atoms with Crippen LogP contribution < -0.4 is 4.72 Å². The highest BCUT2D eigenvalue weighted by atomic mass is 32.2. The van der Waals surface area contributed by atoms with Gasteiger partial charge in [0.15, 0.2) is 0 Å². The Morgan fingerprint density at radius 1 is 1.55 bits per heavy atom. The van der Waals surface area contributed by atoms with E-state index in [1.54, 1.807) is 17.0 Å². The molecule has 0 radical (unpaired) electrons. The Balaban J connectivity index is 2.06. The fourth-order valence-corrected chi connectivity index (χ4v) is 2.90. The van der Waals surface area contributed by atoms with E-state index in [0.29, 0.717) is 24.3 Å². The highest BCUT2D eigenvalue weighted by Gasteiger charge is 2.24. The van der Waals surface area contributed by atoms with Crippen molar-refractivity contribution in [3.05, 3.63) is 29.6 Å². The van der Waals surface area contributed by atoms with Gasteiger partial charge in [-0.05, 0) is 30.9 Å². The standard InChI is InChI=1S/C14H21N3O4S/c1-22(20,21)16-8-13-7-12(4-5-15-13)14(19)17-6-2-3-11(9-17)10-18/h4-5,7,11,16,18H,2-3,6,8-10H2,1H3. The van der Waals surface area contributed by atoms with Gasteiger partial charge in [-0.25, -0.2) is 13.1 Å². The average molecular weight is 327 g/mol. The summed E-state index contributed by atoms with van der Waals surface area (Å²) < 4.78 is 24.6. The predicted molar refractivity (Wildman–Crippen MR) is 81.6 cm³/mol. The Bertz CT molecular complexity index is 633. The van der Waals surface area contributed by atoms with Gasteiger partial charge >= 0.3 is 0 Å². The van der Waals surface area contributed by atoms with Crippen LogP contribution in [0.3, 0.4) is 0 Å². The second kappa shape index (κ2) is 7.17. The number of aliphatic hydroxyl groups excluding tert-OH is 1. The van der Waals surface area contributed by atoms with Crippen molar-refractivity contribution in [2.24, 2.45) is 5.92 Å². The summed E-state index contributed by atoms with van der Waals surface area (Å²) in [5.74, 6) is 0.0204. The first-order valence-electron chi connectivity index (χ1n) is 7.19. The number of piperidine rings is 1. The number of carbonyl (C=O) groups excluding carboxylic acids is 1. The number of hydrogen-bond acceptors (Lipinski definition) is 5. The molecule has 1 atom stereocenters. The molecule has 1 saturated heterocycles. The Labute approximate surface area is 130 Å². The summed E-state index contributed by atoms with van der Waals surface area (Å²) in [6.45, 7) is 1.37. The fraction of sp³-hybridized carbons (Fsp3) is 0.571. The zero-order valence-corrected chi connectivity index (χ0v) is 13.3. The van der Waals surface area contributed by atoms with E-state index in [4.69, 9.17) is 0 Å². The van der Waals surface area contributed by atoms with E-state index in [1.807, 2.05) is 0 Å². The van der Waals surface area contributed by atoms with Crippen molar-refractivity contribution in [1.29, 1.82) is 0 Å². The highest BCUT2D eigenvalue weighted by Crippen LogP contribution is 2.18. The van der Waals surface area contributed by atoms with Crippen LogP contribution in [0.2, 0.25) is 0 Å². The minimum Gasteiger partial charge on any atom is -0.396 e. The summed E-state index contributed by atoms with van der Waals surface area (Å²) in [6, 6.07) is 3.22. The number of nitrogens with zero attached hydrogens (tertiary/aromatic N) is 2. The zero-order chi connectivity index (χ0) is 16.2. The van der Waals surface area contributed by atoms with Crippen LogP contribution in [-0.4, -0.2) is 55.3 Å². The number of nitrogens with one attached hydrogen (secondary N) is 1. The second-order valence-electron chi connectivity index (χ2n) is 5.57. The molecule has 122 valence electrons. The van der Waals surface area contributed by atoms with E-state index in [1.165, 1.54) is 6.20 Å². The normalized spacial score (nSPS) is 19.2. The van der Waals surface area contributed by atoms with E-state index < -0.39 is 10.0 Å². The molecule has 2 N–H and O–H groups in total. The summed E-state index contributed by atoms with van der Waals surface area (Å²) in [6.07, 6.45) is 4.38. The van der Waals surface area contributed by atoms with Gasteiger partial charge in [-0.2, -0.15) is 0 Å². The number of pyridine rings is 1. The van der Waals surface area contributed by atoms with E-state index in [0.717, 1.165) is 19.1 Å². The smallest absolute Gasteiger partial charge is 0.253 e. The van der Waals surface area contributed by atoms with Crippen LogP contribution in [0.1, 0.15) is 28.9 Å². The molecule has 0 saturated carbocycles. The number of hydrogen-bond donors (Lipinski definition) is 2. The van der Waals surface area contributed by atoms with Crippen LogP contribution in [-0.2, 0) is 16.6 Å². The van der Waals surface area contributed by atoms with Gasteiger partial charge in [0.1, 0.15) is 0 Å². The van der Waals surface area contributed by atoms with Gasteiger partial charge in [0, 0.05) is 31.5 Å². The van der Waals surface area contributed by atoms with Crippen LogP contribution in [0.5, 0.6) is 0 Å². The lowest BCUT2D eigenvalue weighted by Crippen LogP contribution is -2.41. The van der Waals surface area contributed by atoms with Gasteiger partial charge < -0.3 is 10.0 Å². The first kappa shape index (κ1) is 16.9.